The van der Waals surface area contributed by atoms with Crippen molar-refractivity contribution in [3.8, 4) is 0 Å². The normalized spacial score (nSPS) is 9.94. The summed E-state index contributed by atoms with van der Waals surface area (Å²) in [5.74, 6) is -0.142. The van der Waals surface area contributed by atoms with Crippen molar-refractivity contribution in [2.24, 2.45) is 0 Å². The number of anilines is 1. The van der Waals surface area contributed by atoms with Crippen molar-refractivity contribution in [2.75, 3.05) is 11.9 Å². The van der Waals surface area contributed by atoms with E-state index in [-0.39, 0.29) is 11.8 Å². The van der Waals surface area contributed by atoms with Gasteiger partial charge in [-0.3, -0.25) is 9.59 Å². The van der Waals surface area contributed by atoms with Crippen LogP contribution in [0.1, 0.15) is 42.6 Å². The molecule has 98 valence electrons. The largest absolute Gasteiger partial charge is 0.352 e. The summed E-state index contributed by atoms with van der Waals surface area (Å²) in [4.78, 5) is 23.3. The van der Waals surface area contributed by atoms with Crippen molar-refractivity contribution < 1.29 is 9.59 Å². The van der Waals surface area contributed by atoms with Crippen LogP contribution in [0.4, 0.5) is 5.69 Å². The highest BCUT2D eigenvalue weighted by Gasteiger charge is 2.09. The van der Waals surface area contributed by atoms with E-state index in [0.717, 1.165) is 12.0 Å². The Morgan fingerprint density at radius 2 is 1.94 bits per heavy atom. The van der Waals surface area contributed by atoms with E-state index in [1.165, 1.54) is 0 Å². The minimum absolute atomic E-state index is 0.0198. The van der Waals surface area contributed by atoms with Gasteiger partial charge in [-0.15, -0.1) is 0 Å². The number of amides is 2. The maximum atomic E-state index is 11.7. The van der Waals surface area contributed by atoms with Gasteiger partial charge in [-0.25, -0.2) is 0 Å². The second-order valence-corrected chi connectivity index (χ2v) is 4.19. The van der Waals surface area contributed by atoms with E-state index in [1.807, 2.05) is 26.8 Å². The van der Waals surface area contributed by atoms with Crippen LogP contribution in [0.3, 0.4) is 0 Å². The summed E-state index contributed by atoms with van der Waals surface area (Å²) >= 11 is 0. The molecule has 0 saturated heterocycles. The summed E-state index contributed by atoms with van der Waals surface area (Å²) in [5.41, 5.74) is 2.22. The Kier molecular flexibility index (Phi) is 5.36. The molecule has 0 spiro atoms. The highest BCUT2D eigenvalue weighted by atomic mass is 16.2. The zero-order chi connectivity index (χ0) is 13.5. The van der Waals surface area contributed by atoms with Gasteiger partial charge >= 0.3 is 0 Å². The SMILES string of the molecule is CCCC(=O)Nc1cc(C(=O)NCC)ccc1C. The molecule has 4 heteroatoms. The topological polar surface area (TPSA) is 58.2 Å². The van der Waals surface area contributed by atoms with E-state index in [9.17, 15) is 9.59 Å². The second kappa shape index (κ2) is 6.79. The number of nitrogens with one attached hydrogen (secondary N) is 2. The molecule has 1 aromatic rings. The van der Waals surface area contributed by atoms with Crippen LogP contribution in [0.25, 0.3) is 0 Å². The summed E-state index contributed by atoms with van der Waals surface area (Å²) in [5, 5.41) is 5.56. The van der Waals surface area contributed by atoms with E-state index in [0.29, 0.717) is 24.2 Å². The molecule has 0 radical (unpaired) electrons. The molecule has 0 fully saturated rings. The van der Waals surface area contributed by atoms with E-state index in [4.69, 9.17) is 0 Å². The third-order valence-electron chi connectivity index (χ3n) is 2.59. The van der Waals surface area contributed by atoms with Gasteiger partial charge in [0.2, 0.25) is 5.91 Å². The molecule has 0 aliphatic rings. The van der Waals surface area contributed by atoms with Crippen LogP contribution < -0.4 is 10.6 Å². The Labute approximate surface area is 108 Å². The molecule has 4 nitrogen and oxygen atoms in total. The number of rotatable bonds is 5. The monoisotopic (exact) mass is 248 g/mol. The molecule has 0 aliphatic heterocycles. The predicted octanol–water partition coefficient (Wildman–Crippen LogP) is 2.48. The summed E-state index contributed by atoms with van der Waals surface area (Å²) in [7, 11) is 0. The minimum Gasteiger partial charge on any atom is -0.352 e. The lowest BCUT2D eigenvalue weighted by molar-refractivity contribution is -0.116. The first-order valence-electron chi connectivity index (χ1n) is 6.27. The molecular weight excluding hydrogens is 228 g/mol. The van der Waals surface area contributed by atoms with Crippen LogP contribution >= 0.6 is 0 Å². The number of benzene rings is 1. The molecule has 1 rings (SSSR count). The molecule has 0 atom stereocenters. The maximum absolute atomic E-state index is 11.7. The van der Waals surface area contributed by atoms with Crippen LogP contribution in [0.5, 0.6) is 0 Å². The minimum atomic E-state index is -0.122. The predicted molar refractivity (Wildman–Crippen MR) is 72.7 cm³/mol. The lowest BCUT2D eigenvalue weighted by atomic mass is 10.1. The molecule has 0 aromatic heterocycles. The molecule has 1 aromatic carbocycles. The number of carbonyl (C=O) groups is 2. The Hall–Kier alpha value is -1.84. The van der Waals surface area contributed by atoms with Crippen LogP contribution in [0, 0.1) is 6.92 Å². The van der Waals surface area contributed by atoms with E-state index in [1.54, 1.807) is 12.1 Å². The van der Waals surface area contributed by atoms with Crippen LogP contribution in [0.15, 0.2) is 18.2 Å². The lowest BCUT2D eigenvalue weighted by Gasteiger charge is -2.10. The zero-order valence-electron chi connectivity index (χ0n) is 11.2. The van der Waals surface area contributed by atoms with Gasteiger partial charge in [0, 0.05) is 24.2 Å². The van der Waals surface area contributed by atoms with E-state index >= 15 is 0 Å². The van der Waals surface area contributed by atoms with Crippen molar-refractivity contribution in [3.63, 3.8) is 0 Å². The lowest BCUT2D eigenvalue weighted by Crippen LogP contribution is -2.23. The molecule has 0 unspecified atom stereocenters. The molecule has 18 heavy (non-hydrogen) atoms. The molecule has 0 saturated carbocycles. The zero-order valence-corrected chi connectivity index (χ0v) is 11.2. The first-order chi connectivity index (χ1) is 8.58. The molecule has 0 bridgehead atoms. The second-order valence-electron chi connectivity index (χ2n) is 4.19. The van der Waals surface area contributed by atoms with Gasteiger partial charge < -0.3 is 10.6 Å². The number of hydrogen-bond donors (Lipinski definition) is 2. The quantitative estimate of drug-likeness (QED) is 0.841. The average Bonchev–Trinajstić information content (AvgIpc) is 2.32. The highest BCUT2D eigenvalue weighted by Crippen LogP contribution is 2.17. The summed E-state index contributed by atoms with van der Waals surface area (Å²) in [6.07, 6.45) is 1.30. The molecular formula is C14H20N2O2. The summed E-state index contributed by atoms with van der Waals surface area (Å²) in [6, 6.07) is 5.32. The first kappa shape index (κ1) is 14.2. The standard InChI is InChI=1S/C14H20N2O2/c1-4-6-13(17)16-12-9-11(8-7-10(12)3)14(18)15-5-2/h7-9H,4-6H2,1-3H3,(H,15,18)(H,16,17). The molecule has 2 amide bonds. The Morgan fingerprint density at radius 3 is 2.56 bits per heavy atom. The van der Waals surface area contributed by atoms with Crippen LogP contribution in [0.2, 0.25) is 0 Å². The Balaban J connectivity index is 2.87. The third kappa shape index (κ3) is 3.87. The van der Waals surface area contributed by atoms with Crippen molar-refractivity contribution in [1.82, 2.24) is 5.32 Å². The molecule has 2 N–H and O–H groups in total. The Morgan fingerprint density at radius 1 is 1.22 bits per heavy atom. The van der Waals surface area contributed by atoms with E-state index < -0.39 is 0 Å². The van der Waals surface area contributed by atoms with Gasteiger partial charge in [-0.05, 0) is 38.0 Å². The Bertz CT molecular complexity index is 441. The smallest absolute Gasteiger partial charge is 0.251 e. The van der Waals surface area contributed by atoms with Gasteiger partial charge in [0.1, 0.15) is 0 Å². The van der Waals surface area contributed by atoms with Gasteiger partial charge in [-0.1, -0.05) is 13.0 Å². The third-order valence-corrected chi connectivity index (χ3v) is 2.59. The van der Waals surface area contributed by atoms with Crippen molar-refractivity contribution in [2.45, 2.75) is 33.6 Å². The van der Waals surface area contributed by atoms with Gasteiger partial charge in [-0.2, -0.15) is 0 Å². The fourth-order valence-electron chi connectivity index (χ4n) is 1.60. The van der Waals surface area contributed by atoms with Crippen LogP contribution in [-0.2, 0) is 4.79 Å². The van der Waals surface area contributed by atoms with Gasteiger partial charge in [0.05, 0.1) is 0 Å². The van der Waals surface area contributed by atoms with E-state index in [2.05, 4.69) is 10.6 Å². The fraction of sp³-hybridized carbons (Fsp3) is 0.429. The van der Waals surface area contributed by atoms with Gasteiger partial charge in [0.15, 0.2) is 0 Å². The summed E-state index contributed by atoms with van der Waals surface area (Å²) in [6.45, 7) is 6.32. The average molecular weight is 248 g/mol. The first-order valence-corrected chi connectivity index (χ1v) is 6.27. The molecule has 0 aliphatic carbocycles. The number of hydrogen-bond acceptors (Lipinski definition) is 2. The van der Waals surface area contributed by atoms with Crippen molar-refractivity contribution in [3.05, 3.63) is 29.3 Å². The fourth-order valence-corrected chi connectivity index (χ4v) is 1.60. The number of aryl methyl sites for hydroxylation is 1. The van der Waals surface area contributed by atoms with Crippen molar-refractivity contribution >= 4 is 17.5 Å². The molecule has 0 heterocycles. The van der Waals surface area contributed by atoms with Gasteiger partial charge in [0.25, 0.3) is 5.91 Å². The summed E-state index contributed by atoms with van der Waals surface area (Å²) < 4.78 is 0. The van der Waals surface area contributed by atoms with Crippen molar-refractivity contribution in [1.29, 1.82) is 0 Å². The number of carbonyl (C=O) groups excluding carboxylic acids is 2. The highest BCUT2D eigenvalue weighted by molar-refractivity contribution is 5.97. The van der Waals surface area contributed by atoms with Crippen LogP contribution in [-0.4, -0.2) is 18.4 Å². The maximum Gasteiger partial charge on any atom is 0.251 e.